The average molecular weight is 429 g/mol. The number of amides is 1. The monoisotopic (exact) mass is 429 g/mol. The first-order valence-electron chi connectivity index (χ1n) is 9.37. The van der Waals surface area contributed by atoms with E-state index in [4.69, 9.17) is 9.47 Å². The van der Waals surface area contributed by atoms with Crippen LogP contribution in [-0.2, 0) is 14.3 Å². The molecule has 0 fully saturated rings. The van der Waals surface area contributed by atoms with Crippen molar-refractivity contribution >= 4 is 29.3 Å². The number of nitroso groups, excluding NO2 is 1. The molecule has 0 spiro atoms. The number of nitrogens with zero attached hydrogens (tertiary/aromatic N) is 3. The zero-order valence-electron chi connectivity index (χ0n) is 17.0. The molecule has 1 heterocycles. The number of methoxy groups -OCH3 is 1. The number of anilines is 1. The summed E-state index contributed by atoms with van der Waals surface area (Å²) in [5.41, 5.74) is 1.55. The third-order valence-electron chi connectivity index (χ3n) is 4.72. The van der Waals surface area contributed by atoms with Crippen LogP contribution in [-0.4, -0.2) is 50.2 Å². The summed E-state index contributed by atoms with van der Waals surface area (Å²) in [5, 5.41) is 3.64. The maximum absolute atomic E-state index is 13.5. The lowest BCUT2D eigenvalue weighted by molar-refractivity contribution is -0.152. The minimum atomic E-state index is -1.03. The molecule has 1 aliphatic heterocycles. The number of fused-ring (bicyclic) bond motifs is 1. The second kappa shape index (κ2) is 9.62. The maximum atomic E-state index is 13.5. The quantitative estimate of drug-likeness (QED) is 0.378. The van der Waals surface area contributed by atoms with Gasteiger partial charge in [-0.15, -0.1) is 16.7 Å². The Labute approximate surface area is 179 Å². The number of benzene rings is 2. The Hall–Kier alpha value is -3.07. The molecule has 0 radical (unpaired) electrons. The number of para-hydroxylation sites is 1. The standard InChI is InChI=1S/C21H23N3O5S/c1-14(25)29-19-20(15-8-10-16(28-3)11-9-15)30-18-7-5-4-6-17(18)24(21(19)26)13-12-23(2)22-27/h4-11,19-20H,12-13H2,1-3H3/t19-,20+/m1/s1. The first kappa shape index (κ1) is 21.6. The first-order chi connectivity index (χ1) is 14.4. The smallest absolute Gasteiger partial charge is 0.303 e. The van der Waals surface area contributed by atoms with E-state index in [-0.39, 0.29) is 19.0 Å². The molecular formula is C21H23N3O5S. The van der Waals surface area contributed by atoms with Crippen molar-refractivity contribution in [2.45, 2.75) is 23.2 Å². The molecule has 0 aliphatic carbocycles. The number of likely N-dealkylation sites (N-methyl/N-ethyl adjacent to an activating group) is 1. The number of esters is 1. The second-order valence-corrected chi connectivity index (χ2v) is 7.95. The lowest BCUT2D eigenvalue weighted by Gasteiger charge is -2.28. The van der Waals surface area contributed by atoms with Crippen LogP contribution in [0.15, 0.2) is 58.7 Å². The summed E-state index contributed by atoms with van der Waals surface area (Å²) < 4.78 is 10.7. The van der Waals surface area contributed by atoms with Gasteiger partial charge in [-0.1, -0.05) is 24.3 Å². The lowest BCUT2D eigenvalue weighted by atomic mass is 10.1. The molecule has 1 amide bonds. The molecule has 0 unspecified atom stereocenters. The summed E-state index contributed by atoms with van der Waals surface area (Å²) in [5.74, 6) is -0.188. The van der Waals surface area contributed by atoms with Gasteiger partial charge in [-0.25, -0.2) is 0 Å². The van der Waals surface area contributed by atoms with Gasteiger partial charge in [-0.2, -0.15) is 0 Å². The minimum Gasteiger partial charge on any atom is -0.497 e. The van der Waals surface area contributed by atoms with Gasteiger partial charge in [0.15, 0.2) is 6.10 Å². The van der Waals surface area contributed by atoms with E-state index < -0.39 is 17.3 Å². The summed E-state index contributed by atoms with van der Waals surface area (Å²) in [6, 6.07) is 14.9. The van der Waals surface area contributed by atoms with E-state index in [9.17, 15) is 14.5 Å². The van der Waals surface area contributed by atoms with Gasteiger partial charge >= 0.3 is 5.97 Å². The normalized spacial score (nSPS) is 18.2. The highest BCUT2D eigenvalue weighted by atomic mass is 32.2. The van der Waals surface area contributed by atoms with Crippen molar-refractivity contribution in [2.24, 2.45) is 5.29 Å². The maximum Gasteiger partial charge on any atom is 0.303 e. The van der Waals surface area contributed by atoms with Crippen LogP contribution in [0, 0.1) is 4.91 Å². The highest BCUT2D eigenvalue weighted by Gasteiger charge is 2.40. The Morgan fingerprint density at radius 3 is 2.53 bits per heavy atom. The minimum absolute atomic E-state index is 0.228. The average Bonchev–Trinajstić information content (AvgIpc) is 2.87. The molecule has 1 aliphatic rings. The fourth-order valence-corrected chi connectivity index (χ4v) is 4.54. The van der Waals surface area contributed by atoms with Crippen molar-refractivity contribution in [1.29, 1.82) is 0 Å². The molecule has 0 saturated carbocycles. The summed E-state index contributed by atoms with van der Waals surface area (Å²) in [6.07, 6.45) is -1.03. The Balaban J connectivity index is 2.04. The molecule has 2 aromatic carbocycles. The molecule has 2 atom stereocenters. The molecule has 30 heavy (non-hydrogen) atoms. The van der Waals surface area contributed by atoms with Crippen LogP contribution < -0.4 is 9.64 Å². The summed E-state index contributed by atoms with van der Waals surface area (Å²) in [6.45, 7) is 1.76. The van der Waals surface area contributed by atoms with Gasteiger partial charge in [0.2, 0.25) is 0 Å². The van der Waals surface area contributed by atoms with Gasteiger partial charge in [-0.3, -0.25) is 14.6 Å². The van der Waals surface area contributed by atoms with E-state index in [0.717, 1.165) is 10.5 Å². The fourth-order valence-electron chi connectivity index (χ4n) is 3.22. The number of rotatable bonds is 7. The number of carbonyl (C=O) groups is 2. The number of hydrogen-bond acceptors (Lipinski definition) is 7. The highest BCUT2D eigenvalue weighted by molar-refractivity contribution is 7.99. The predicted molar refractivity (Wildman–Crippen MR) is 114 cm³/mol. The molecule has 0 N–H and O–H groups in total. The second-order valence-electron chi connectivity index (χ2n) is 6.76. The van der Waals surface area contributed by atoms with Crippen LogP contribution in [0.25, 0.3) is 0 Å². The Morgan fingerprint density at radius 2 is 1.90 bits per heavy atom. The van der Waals surface area contributed by atoms with Gasteiger partial charge in [0, 0.05) is 25.4 Å². The molecule has 9 heteroatoms. The molecular weight excluding hydrogens is 406 g/mol. The van der Waals surface area contributed by atoms with Gasteiger partial charge < -0.3 is 14.4 Å². The highest BCUT2D eigenvalue weighted by Crippen LogP contribution is 2.46. The van der Waals surface area contributed by atoms with Crippen molar-refractivity contribution < 1.29 is 19.1 Å². The fraction of sp³-hybridized carbons (Fsp3) is 0.333. The predicted octanol–water partition coefficient (Wildman–Crippen LogP) is 3.42. The largest absolute Gasteiger partial charge is 0.497 e. The van der Waals surface area contributed by atoms with E-state index in [1.165, 1.54) is 23.7 Å². The van der Waals surface area contributed by atoms with E-state index in [1.807, 2.05) is 48.5 Å². The molecule has 0 bridgehead atoms. The lowest BCUT2D eigenvalue weighted by Crippen LogP contribution is -2.45. The van der Waals surface area contributed by atoms with Crippen LogP contribution in [0.2, 0.25) is 0 Å². The molecule has 2 aromatic rings. The molecule has 0 saturated heterocycles. The summed E-state index contributed by atoms with van der Waals surface area (Å²) in [7, 11) is 3.12. The van der Waals surface area contributed by atoms with E-state index in [1.54, 1.807) is 19.1 Å². The number of ether oxygens (including phenoxy) is 2. The van der Waals surface area contributed by atoms with E-state index >= 15 is 0 Å². The van der Waals surface area contributed by atoms with Crippen LogP contribution in [0.5, 0.6) is 5.75 Å². The van der Waals surface area contributed by atoms with Gasteiger partial charge in [0.05, 0.1) is 29.9 Å². The van der Waals surface area contributed by atoms with Crippen molar-refractivity contribution in [3.63, 3.8) is 0 Å². The third kappa shape index (κ3) is 4.73. The van der Waals surface area contributed by atoms with Crippen LogP contribution in [0.3, 0.4) is 0 Å². The van der Waals surface area contributed by atoms with Gasteiger partial charge in [0.25, 0.3) is 5.91 Å². The Morgan fingerprint density at radius 1 is 1.20 bits per heavy atom. The van der Waals surface area contributed by atoms with Gasteiger partial charge in [0.1, 0.15) is 5.75 Å². The van der Waals surface area contributed by atoms with Crippen LogP contribution >= 0.6 is 11.8 Å². The Kier molecular flexibility index (Phi) is 6.94. The topological polar surface area (TPSA) is 88.5 Å². The Bertz CT molecular complexity index is 921. The molecule has 0 aromatic heterocycles. The number of hydrogen-bond donors (Lipinski definition) is 0. The van der Waals surface area contributed by atoms with E-state index in [2.05, 4.69) is 5.29 Å². The van der Waals surface area contributed by atoms with Crippen molar-refractivity contribution in [1.82, 2.24) is 5.01 Å². The van der Waals surface area contributed by atoms with Crippen molar-refractivity contribution in [2.75, 3.05) is 32.1 Å². The molecule has 158 valence electrons. The zero-order valence-corrected chi connectivity index (χ0v) is 17.8. The first-order valence-corrected chi connectivity index (χ1v) is 10.2. The van der Waals surface area contributed by atoms with Gasteiger partial charge in [-0.05, 0) is 29.8 Å². The van der Waals surface area contributed by atoms with Crippen LogP contribution in [0.1, 0.15) is 17.7 Å². The van der Waals surface area contributed by atoms with Crippen LogP contribution in [0.4, 0.5) is 5.69 Å². The number of thioether (sulfide) groups is 1. The van der Waals surface area contributed by atoms with E-state index in [0.29, 0.717) is 11.4 Å². The van der Waals surface area contributed by atoms with Crippen molar-refractivity contribution in [3.05, 3.63) is 59.0 Å². The summed E-state index contributed by atoms with van der Waals surface area (Å²) in [4.78, 5) is 38.6. The molecule has 8 nitrogen and oxygen atoms in total. The van der Waals surface area contributed by atoms with Crippen molar-refractivity contribution in [3.8, 4) is 5.75 Å². The number of carbonyl (C=O) groups excluding carboxylic acids is 2. The zero-order chi connectivity index (χ0) is 21.7. The molecule has 3 rings (SSSR count). The third-order valence-corrected chi connectivity index (χ3v) is 6.09. The SMILES string of the molecule is COc1ccc([C@@H]2Sc3ccccc3N(CCN(C)N=O)C(=O)[C@@H]2OC(C)=O)cc1. The summed E-state index contributed by atoms with van der Waals surface area (Å²) >= 11 is 1.46.